The fourth-order valence-corrected chi connectivity index (χ4v) is 2.42. The third-order valence-electron chi connectivity index (χ3n) is 3.72. The standard InChI is InChI=1S/C17H22N4O2/c1-4-20(5-2)16(22)13-19(3)17(23)14-9-6-7-10-15(14)21-12-8-11-18-21/h6-12H,4-5,13H2,1-3H3. The summed E-state index contributed by atoms with van der Waals surface area (Å²) in [6, 6.07) is 9.04. The van der Waals surface area contributed by atoms with Gasteiger partial charge in [0.05, 0.1) is 17.8 Å². The Kier molecular flexibility index (Phi) is 5.51. The van der Waals surface area contributed by atoms with Crippen LogP contribution >= 0.6 is 0 Å². The predicted octanol–water partition coefficient (Wildman–Crippen LogP) is 1.81. The van der Waals surface area contributed by atoms with Crippen molar-refractivity contribution in [3.8, 4) is 5.69 Å². The molecule has 122 valence electrons. The number of amides is 2. The van der Waals surface area contributed by atoms with Gasteiger partial charge in [-0.1, -0.05) is 12.1 Å². The van der Waals surface area contributed by atoms with Crippen LogP contribution in [-0.2, 0) is 4.79 Å². The second-order valence-electron chi connectivity index (χ2n) is 5.20. The van der Waals surface area contributed by atoms with Crippen LogP contribution in [0.1, 0.15) is 24.2 Å². The van der Waals surface area contributed by atoms with Crippen LogP contribution in [0.5, 0.6) is 0 Å². The van der Waals surface area contributed by atoms with E-state index in [9.17, 15) is 9.59 Å². The number of likely N-dealkylation sites (N-methyl/N-ethyl adjacent to an activating group) is 2. The maximum atomic E-state index is 12.7. The molecular weight excluding hydrogens is 292 g/mol. The van der Waals surface area contributed by atoms with E-state index in [1.54, 1.807) is 47.2 Å². The van der Waals surface area contributed by atoms with Gasteiger partial charge in [0.15, 0.2) is 0 Å². The number of benzene rings is 1. The fraction of sp³-hybridized carbons (Fsp3) is 0.353. The van der Waals surface area contributed by atoms with Gasteiger partial charge in [0.2, 0.25) is 5.91 Å². The number of hydrogen-bond acceptors (Lipinski definition) is 3. The Bertz CT molecular complexity index is 663. The topological polar surface area (TPSA) is 58.4 Å². The van der Waals surface area contributed by atoms with Crippen molar-refractivity contribution in [1.29, 1.82) is 0 Å². The number of rotatable bonds is 6. The Labute approximate surface area is 136 Å². The molecule has 23 heavy (non-hydrogen) atoms. The third kappa shape index (κ3) is 3.77. The molecule has 0 aliphatic carbocycles. The molecule has 0 fully saturated rings. The molecule has 1 heterocycles. The lowest BCUT2D eigenvalue weighted by Gasteiger charge is -2.23. The van der Waals surface area contributed by atoms with Crippen LogP contribution in [-0.4, -0.2) is 58.1 Å². The first-order valence-electron chi connectivity index (χ1n) is 7.70. The summed E-state index contributed by atoms with van der Waals surface area (Å²) >= 11 is 0. The van der Waals surface area contributed by atoms with E-state index in [2.05, 4.69) is 5.10 Å². The second kappa shape index (κ2) is 7.58. The average molecular weight is 314 g/mol. The van der Waals surface area contributed by atoms with Crippen molar-refractivity contribution in [2.45, 2.75) is 13.8 Å². The molecule has 0 saturated heterocycles. The summed E-state index contributed by atoms with van der Waals surface area (Å²) in [5.41, 5.74) is 1.22. The van der Waals surface area contributed by atoms with Crippen molar-refractivity contribution >= 4 is 11.8 Å². The van der Waals surface area contributed by atoms with Gasteiger partial charge in [-0.2, -0.15) is 5.10 Å². The quantitative estimate of drug-likeness (QED) is 0.817. The molecule has 0 bridgehead atoms. The Morgan fingerprint density at radius 2 is 1.83 bits per heavy atom. The van der Waals surface area contributed by atoms with Gasteiger partial charge in [-0.15, -0.1) is 0 Å². The Balaban J connectivity index is 2.19. The lowest BCUT2D eigenvalue weighted by molar-refractivity contribution is -0.131. The molecule has 0 N–H and O–H groups in total. The fourth-order valence-electron chi connectivity index (χ4n) is 2.42. The van der Waals surface area contributed by atoms with Crippen LogP contribution in [0.2, 0.25) is 0 Å². The van der Waals surface area contributed by atoms with Gasteiger partial charge < -0.3 is 9.80 Å². The number of hydrogen-bond donors (Lipinski definition) is 0. The van der Waals surface area contributed by atoms with E-state index in [0.29, 0.717) is 24.3 Å². The molecule has 1 aromatic heterocycles. The molecule has 2 rings (SSSR count). The molecule has 0 saturated carbocycles. The van der Waals surface area contributed by atoms with Crippen LogP contribution in [0, 0.1) is 0 Å². The van der Waals surface area contributed by atoms with Gasteiger partial charge in [-0.3, -0.25) is 9.59 Å². The maximum absolute atomic E-state index is 12.7. The monoisotopic (exact) mass is 314 g/mol. The normalized spacial score (nSPS) is 10.4. The largest absolute Gasteiger partial charge is 0.342 e. The summed E-state index contributed by atoms with van der Waals surface area (Å²) in [5.74, 6) is -0.251. The molecule has 0 atom stereocenters. The maximum Gasteiger partial charge on any atom is 0.256 e. The van der Waals surface area contributed by atoms with E-state index in [0.717, 1.165) is 0 Å². The number of carbonyl (C=O) groups excluding carboxylic acids is 2. The third-order valence-corrected chi connectivity index (χ3v) is 3.72. The van der Waals surface area contributed by atoms with Gasteiger partial charge in [0.1, 0.15) is 0 Å². The number of aromatic nitrogens is 2. The highest BCUT2D eigenvalue weighted by atomic mass is 16.2. The predicted molar refractivity (Wildman–Crippen MR) is 88.5 cm³/mol. The molecule has 0 unspecified atom stereocenters. The van der Waals surface area contributed by atoms with Gasteiger partial charge in [-0.25, -0.2) is 4.68 Å². The molecule has 2 aromatic rings. The Morgan fingerprint density at radius 3 is 2.43 bits per heavy atom. The molecule has 6 heteroatoms. The minimum absolute atomic E-state index is 0.0533. The van der Waals surface area contributed by atoms with Crippen molar-refractivity contribution in [1.82, 2.24) is 19.6 Å². The highest BCUT2D eigenvalue weighted by Crippen LogP contribution is 2.15. The zero-order valence-electron chi connectivity index (χ0n) is 13.8. The highest BCUT2D eigenvalue weighted by molar-refractivity contribution is 5.99. The first kappa shape index (κ1) is 16.7. The van der Waals surface area contributed by atoms with Crippen LogP contribution in [0.4, 0.5) is 0 Å². The average Bonchev–Trinajstić information content (AvgIpc) is 3.09. The van der Waals surface area contributed by atoms with Gasteiger partial charge in [0.25, 0.3) is 5.91 Å². The molecule has 2 amide bonds. The van der Waals surface area contributed by atoms with Crippen molar-refractivity contribution in [3.63, 3.8) is 0 Å². The van der Waals surface area contributed by atoms with E-state index in [4.69, 9.17) is 0 Å². The van der Waals surface area contributed by atoms with Crippen molar-refractivity contribution in [2.24, 2.45) is 0 Å². The van der Waals surface area contributed by atoms with Crippen molar-refractivity contribution in [3.05, 3.63) is 48.3 Å². The SMILES string of the molecule is CCN(CC)C(=O)CN(C)C(=O)c1ccccc1-n1cccn1. The molecule has 0 spiro atoms. The van der Waals surface area contributed by atoms with Crippen LogP contribution in [0.15, 0.2) is 42.7 Å². The van der Waals surface area contributed by atoms with E-state index >= 15 is 0 Å². The summed E-state index contributed by atoms with van der Waals surface area (Å²) in [5, 5.41) is 4.18. The molecule has 0 aliphatic rings. The smallest absolute Gasteiger partial charge is 0.256 e. The Hall–Kier alpha value is -2.63. The summed E-state index contributed by atoms with van der Waals surface area (Å²) < 4.78 is 1.65. The number of carbonyl (C=O) groups is 2. The second-order valence-corrected chi connectivity index (χ2v) is 5.20. The zero-order valence-corrected chi connectivity index (χ0v) is 13.8. The summed E-state index contributed by atoms with van der Waals surface area (Å²) in [6.45, 7) is 5.20. The van der Waals surface area contributed by atoms with E-state index in [-0.39, 0.29) is 18.4 Å². The highest BCUT2D eigenvalue weighted by Gasteiger charge is 2.20. The summed E-state index contributed by atoms with van der Waals surface area (Å²) in [7, 11) is 1.64. The Morgan fingerprint density at radius 1 is 1.13 bits per heavy atom. The van der Waals surface area contributed by atoms with Crippen molar-refractivity contribution < 1.29 is 9.59 Å². The lowest BCUT2D eigenvalue weighted by atomic mass is 10.1. The molecule has 6 nitrogen and oxygen atoms in total. The van der Waals surface area contributed by atoms with Crippen LogP contribution < -0.4 is 0 Å². The zero-order chi connectivity index (χ0) is 16.8. The minimum atomic E-state index is -0.198. The van der Waals surface area contributed by atoms with Crippen LogP contribution in [0.3, 0.4) is 0 Å². The lowest BCUT2D eigenvalue weighted by Crippen LogP contribution is -2.41. The summed E-state index contributed by atoms with van der Waals surface area (Å²) in [4.78, 5) is 28.0. The van der Waals surface area contributed by atoms with E-state index < -0.39 is 0 Å². The molecule has 0 aliphatic heterocycles. The first-order chi connectivity index (χ1) is 11.1. The van der Waals surface area contributed by atoms with Gasteiger partial charge >= 0.3 is 0 Å². The minimum Gasteiger partial charge on any atom is -0.342 e. The molecular formula is C17H22N4O2. The summed E-state index contributed by atoms with van der Waals surface area (Å²) in [6.07, 6.45) is 3.45. The van der Waals surface area contributed by atoms with Gasteiger partial charge in [0, 0.05) is 32.5 Å². The number of nitrogens with zero attached hydrogens (tertiary/aromatic N) is 4. The van der Waals surface area contributed by atoms with E-state index in [1.165, 1.54) is 4.90 Å². The van der Waals surface area contributed by atoms with Gasteiger partial charge in [-0.05, 0) is 32.0 Å². The van der Waals surface area contributed by atoms with E-state index in [1.807, 2.05) is 26.0 Å². The van der Waals surface area contributed by atoms with Crippen molar-refractivity contribution in [2.75, 3.05) is 26.7 Å². The molecule has 1 aromatic carbocycles. The molecule has 0 radical (unpaired) electrons. The van der Waals surface area contributed by atoms with Crippen LogP contribution in [0.25, 0.3) is 5.69 Å². The number of para-hydroxylation sites is 1. The first-order valence-corrected chi connectivity index (χ1v) is 7.70.